The van der Waals surface area contributed by atoms with Gasteiger partial charge in [0.05, 0.1) is 6.10 Å². The molecule has 3 N–H and O–H groups in total. The van der Waals surface area contributed by atoms with Gasteiger partial charge in [0.1, 0.15) is 5.82 Å². The maximum Gasteiger partial charge on any atom is 0.223 e. The summed E-state index contributed by atoms with van der Waals surface area (Å²) in [5.74, 6) is 1.04. The second-order valence-corrected chi connectivity index (χ2v) is 4.95. The predicted molar refractivity (Wildman–Crippen MR) is 67.9 cm³/mol. The molecule has 1 heterocycles. The number of rotatable bonds is 5. The molecule has 1 fully saturated rings. The zero-order valence-corrected chi connectivity index (χ0v) is 10.6. The second-order valence-electron chi connectivity index (χ2n) is 4.95. The van der Waals surface area contributed by atoms with E-state index in [0.29, 0.717) is 13.0 Å². The summed E-state index contributed by atoms with van der Waals surface area (Å²) in [6.45, 7) is 0.673. The predicted octanol–water partition coefficient (Wildman–Crippen LogP) is 1.01. The smallest absolute Gasteiger partial charge is 0.223 e. The van der Waals surface area contributed by atoms with Gasteiger partial charge in [-0.25, -0.2) is 4.98 Å². The molecule has 100 valence electrons. The molecule has 1 saturated carbocycles. The average molecular weight is 251 g/mol. The third kappa shape index (κ3) is 3.84. The molecule has 1 aliphatic carbocycles. The number of hydrogen-bond acceptors (Lipinski definition) is 3. The Bertz CT molecular complexity index is 364. The molecule has 1 aromatic heterocycles. The first-order chi connectivity index (χ1) is 8.75. The van der Waals surface area contributed by atoms with Gasteiger partial charge in [0.25, 0.3) is 0 Å². The summed E-state index contributed by atoms with van der Waals surface area (Å²) < 4.78 is 0. The molecule has 5 nitrogen and oxygen atoms in total. The topological polar surface area (TPSA) is 78.0 Å². The Kier molecular flexibility index (Phi) is 4.75. The normalized spacial score (nSPS) is 23.8. The number of aliphatic hydroxyl groups is 1. The molecule has 1 aliphatic rings. The third-order valence-electron chi connectivity index (χ3n) is 3.46. The summed E-state index contributed by atoms with van der Waals surface area (Å²) >= 11 is 0. The van der Waals surface area contributed by atoms with E-state index in [9.17, 15) is 9.90 Å². The fourth-order valence-corrected chi connectivity index (χ4v) is 2.45. The molecule has 0 aromatic carbocycles. The Morgan fingerprint density at radius 2 is 2.44 bits per heavy atom. The lowest BCUT2D eigenvalue weighted by Gasteiger charge is -2.24. The molecule has 0 unspecified atom stereocenters. The quantitative estimate of drug-likeness (QED) is 0.683. The SMILES string of the molecule is O=C(NCCCc1ncc[nH]1)[C@H]1CCC[C@@H](O)C1. The molecule has 2 rings (SSSR count). The van der Waals surface area contributed by atoms with Crippen LogP contribution in [0.2, 0.25) is 0 Å². The lowest BCUT2D eigenvalue weighted by molar-refractivity contribution is -0.127. The van der Waals surface area contributed by atoms with Crippen molar-refractivity contribution in [3.63, 3.8) is 0 Å². The van der Waals surface area contributed by atoms with Crippen LogP contribution in [0.15, 0.2) is 12.4 Å². The molecule has 18 heavy (non-hydrogen) atoms. The summed E-state index contributed by atoms with van der Waals surface area (Å²) in [5.41, 5.74) is 0. The van der Waals surface area contributed by atoms with E-state index < -0.39 is 0 Å². The molecule has 2 atom stereocenters. The molecule has 0 saturated heterocycles. The van der Waals surface area contributed by atoms with Gasteiger partial charge in [0.2, 0.25) is 5.91 Å². The highest BCUT2D eigenvalue weighted by Crippen LogP contribution is 2.24. The number of aromatic nitrogens is 2. The van der Waals surface area contributed by atoms with Gasteiger partial charge in [-0.05, 0) is 25.7 Å². The first-order valence-electron chi connectivity index (χ1n) is 6.69. The van der Waals surface area contributed by atoms with Crippen molar-refractivity contribution in [2.75, 3.05) is 6.54 Å². The number of nitrogens with zero attached hydrogens (tertiary/aromatic N) is 1. The minimum Gasteiger partial charge on any atom is -0.393 e. The number of nitrogens with one attached hydrogen (secondary N) is 2. The molecule has 0 radical (unpaired) electrons. The van der Waals surface area contributed by atoms with Crippen LogP contribution in [0.1, 0.15) is 37.9 Å². The molecule has 5 heteroatoms. The lowest BCUT2D eigenvalue weighted by atomic mass is 9.87. The van der Waals surface area contributed by atoms with E-state index in [1.165, 1.54) is 0 Å². The van der Waals surface area contributed by atoms with Gasteiger partial charge >= 0.3 is 0 Å². The van der Waals surface area contributed by atoms with E-state index in [0.717, 1.165) is 37.9 Å². The van der Waals surface area contributed by atoms with Crippen LogP contribution in [0, 0.1) is 5.92 Å². The van der Waals surface area contributed by atoms with Crippen molar-refractivity contribution in [2.24, 2.45) is 5.92 Å². The largest absolute Gasteiger partial charge is 0.393 e. The highest BCUT2D eigenvalue weighted by molar-refractivity contribution is 5.78. The van der Waals surface area contributed by atoms with Crippen LogP contribution < -0.4 is 5.32 Å². The summed E-state index contributed by atoms with van der Waals surface area (Å²) in [4.78, 5) is 19.0. The highest BCUT2D eigenvalue weighted by Gasteiger charge is 2.25. The van der Waals surface area contributed by atoms with E-state index >= 15 is 0 Å². The van der Waals surface area contributed by atoms with Crippen molar-refractivity contribution in [1.82, 2.24) is 15.3 Å². The maximum atomic E-state index is 11.9. The number of hydrogen-bond donors (Lipinski definition) is 3. The van der Waals surface area contributed by atoms with Crippen LogP contribution in [-0.2, 0) is 11.2 Å². The Hall–Kier alpha value is -1.36. The number of carbonyl (C=O) groups is 1. The van der Waals surface area contributed by atoms with Crippen LogP contribution in [0.5, 0.6) is 0 Å². The zero-order valence-electron chi connectivity index (χ0n) is 10.6. The molecule has 1 aromatic rings. The standard InChI is InChI=1S/C13H21N3O2/c17-11-4-1-3-10(9-11)13(18)16-6-2-5-12-14-7-8-15-12/h7-8,10-11,17H,1-6,9H2,(H,14,15)(H,16,18)/t10-,11+/m0/s1. The number of carbonyl (C=O) groups excluding carboxylic acids is 1. The van der Waals surface area contributed by atoms with Crippen LogP contribution in [0.3, 0.4) is 0 Å². The Morgan fingerprint density at radius 3 is 3.17 bits per heavy atom. The molecule has 1 amide bonds. The lowest BCUT2D eigenvalue weighted by Crippen LogP contribution is -2.35. The van der Waals surface area contributed by atoms with Crippen LogP contribution in [0.4, 0.5) is 0 Å². The van der Waals surface area contributed by atoms with E-state index in [1.807, 2.05) is 0 Å². The third-order valence-corrected chi connectivity index (χ3v) is 3.46. The van der Waals surface area contributed by atoms with Gasteiger partial charge in [0.15, 0.2) is 0 Å². The Balaban J connectivity index is 1.62. The van der Waals surface area contributed by atoms with Crippen LogP contribution >= 0.6 is 0 Å². The van der Waals surface area contributed by atoms with Crippen LogP contribution in [0.25, 0.3) is 0 Å². The van der Waals surface area contributed by atoms with E-state index in [-0.39, 0.29) is 17.9 Å². The van der Waals surface area contributed by atoms with Gasteiger partial charge < -0.3 is 15.4 Å². The van der Waals surface area contributed by atoms with Crippen molar-refractivity contribution >= 4 is 5.91 Å². The van der Waals surface area contributed by atoms with Crippen molar-refractivity contribution in [2.45, 2.75) is 44.6 Å². The van der Waals surface area contributed by atoms with Gasteiger partial charge in [-0.1, -0.05) is 6.42 Å². The van der Waals surface area contributed by atoms with Gasteiger partial charge in [-0.2, -0.15) is 0 Å². The molecule has 0 spiro atoms. The van der Waals surface area contributed by atoms with Gasteiger partial charge in [0, 0.05) is 31.3 Å². The molecular formula is C13H21N3O2. The van der Waals surface area contributed by atoms with E-state index in [4.69, 9.17) is 0 Å². The van der Waals surface area contributed by atoms with Crippen molar-refractivity contribution in [3.8, 4) is 0 Å². The molecule has 0 aliphatic heterocycles. The fourth-order valence-electron chi connectivity index (χ4n) is 2.45. The average Bonchev–Trinajstić information content (AvgIpc) is 2.87. The van der Waals surface area contributed by atoms with E-state index in [1.54, 1.807) is 12.4 Å². The van der Waals surface area contributed by atoms with E-state index in [2.05, 4.69) is 15.3 Å². The zero-order chi connectivity index (χ0) is 12.8. The molecular weight excluding hydrogens is 230 g/mol. The first kappa shape index (κ1) is 13.1. The molecule has 0 bridgehead atoms. The van der Waals surface area contributed by atoms with Gasteiger partial charge in [-0.15, -0.1) is 0 Å². The monoisotopic (exact) mass is 251 g/mol. The Labute approximate surface area is 107 Å². The Morgan fingerprint density at radius 1 is 1.56 bits per heavy atom. The number of H-pyrrole nitrogens is 1. The minimum absolute atomic E-state index is 0.00244. The minimum atomic E-state index is -0.294. The highest BCUT2D eigenvalue weighted by atomic mass is 16.3. The fraction of sp³-hybridized carbons (Fsp3) is 0.692. The number of aliphatic hydroxyl groups excluding tert-OH is 1. The van der Waals surface area contributed by atoms with Crippen LogP contribution in [-0.4, -0.2) is 33.6 Å². The second kappa shape index (κ2) is 6.54. The summed E-state index contributed by atoms with van der Waals surface area (Å²) in [7, 11) is 0. The first-order valence-corrected chi connectivity index (χ1v) is 6.69. The van der Waals surface area contributed by atoms with Crippen molar-refractivity contribution in [3.05, 3.63) is 18.2 Å². The number of imidazole rings is 1. The van der Waals surface area contributed by atoms with Crippen molar-refractivity contribution < 1.29 is 9.90 Å². The summed E-state index contributed by atoms with van der Waals surface area (Å²) in [6, 6.07) is 0. The van der Waals surface area contributed by atoms with Gasteiger partial charge in [-0.3, -0.25) is 4.79 Å². The number of aryl methyl sites for hydroxylation is 1. The van der Waals surface area contributed by atoms with Crippen molar-refractivity contribution in [1.29, 1.82) is 0 Å². The number of amides is 1. The number of aromatic amines is 1. The maximum absolute atomic E-state index is 11.9. The summed E-state index contributed by atoms with van der Waals surface area (Å²) in [5, 5.41) is 12.5. The summed E-state index contributed by atoms with van der Waals surface area (Å²) in [6.07, 6.45) is 8.28.